The number of ether oxygens (including phenoxy) is 2. The van der Waals surface area contributed by atoms with Crippen molar-refractivity contribution < 1.29 is 29.0 Å². The van der Waals surface area contributed by atoms with Gasteiger partial charge in [-0.05, 0) is 44.9 Å². The molecule has 2 amide bonds. The number of unbranched alkanes of at least 4 members (excludes halogenated alkanes) is 5. The molecule has 5 atom stereocenters. The van der Waals surface area contributed by atoms with Gasteiger partial charge in [0.05, 0.1) is 36.4 Å². The van der Waals surface area contributed by atoms with E-state index in [1.807, 2.05) is 11.0 Å². The number of allylic oxidation sites excluding steroid dienone is 1. The van der Waals surface area contributed by atoms with Gasteiger partial charge in [-0.2, -0.15) is 0 Å². The van der Waals surface area contributed by atoms with Gasteiger partial charge in [-0.3, -0.25) is 19.3 Å². The normalized spacial score (nSPS) is 29.0. The Bertz CT molecular complexity index is 928. The minimum Gasteiger partial charge on any atom is -0.465 e. The lowest BCUT2D eigenvalue weighted by Gasteiger charge is -2.38. The number of aliphatic hydroxyl groups excluding tert-OH is 1. The van der Waals surface area contributed by atoms with Crippen molar-refractivity contribution in [3.63, 3.8) is 0 Å². The second kappa shape index (κ2) is 15.5. The van der Waals surface area contributed by atoms with Crippen LogP contribution in [0.5, 0.6) is 0 Å². The standard InChI is InChI=1S/C31H49N3O6S/c1-3-5-6-11-21-40-30(38)25-24-12-13-31(41-24)26(25)28(36)34(15-9-7-8-10-20-35)27(31)29(37)33(14-4-2)17-16-32-18-22-39-23-19-32/h3-4,24-27,35H,1-2,5-23H2/t24-,25+,26-,27?,31?/m0/s1. The van der Waals surface area contributed by atoms with E-state index in [1.54, 1.807) is 22.7 Å². The van der Waals surface area contributed by atoms with Crippen molar-refractivity contribution in [1.82, 2.24) is 14.7 Å². The van der Waals surface area contributed by atoms with Crippen LogP contribution in [0.3, 0.4) is 0 Å². The van der Waals surface area contributed by atoms with E-state index in [-0.39, 0.29) is 29.6 Å². The molecule has 0 aromatic carbocycles. The van der Waals surface area contributed by atoms with E-state index in [9.17, 15) is 19.5 Å². The predicted molar refractivity (Wildman–Crippen MR) is 160 cm³/mol. The summed E-state index contributed by atoms with van der Waals surface area (Å²) in [4.78, 5) is 48.0. The van der Waals surface area contributed by atoms with Crippen LogP contribution in [0, 0.1) is 11.8 Å². The second-order valence-electron chi connectivity index (χ2n) is 11.7. The first-order valence-electron chi connectivity index (χ1n) is 15.5. The number of carbonyl (C=O) groups excluding carboxylic acids is 3. The third kappa shape index (κ3) is 7.20. The molecule has 4 heterocycles. The van der Waals surface area contributed by atoms with Crippen molar-refractivity contribution in [2.45, 2.75) is 73.8 Å². The molecule has 0 radical (unpaired) electrons. The third-order valence-electron chi connectivity index (χ3n) is 9.11. The number of carbonyl (C=O) groups is 3. The van der Waals surface area contributed by atoms with Crippen LogP contribution in [-0.4, -0.2) is 119 Å². The number of thioether (sulfide) groups is 1. The lowest BCUT2D eigenvalue weighted by molar-refractivity contribution is -0.154. The summed E-state index contributed by atoms with van der Waals surface area (Å²) in [6, 6.07) is -0.595. The number of hydrogen-bond donors (Lipinski definition) is 1. The van der Waals surface area contributed by atoms with Gasteiger partial charge in [-0.25, -0.2) is 0 Å². The van der Waals surface area contributed by atoms with E-state index >= 15 is 0 Å². The lowest BCUT2D eigenvalue weighted by Crippen LogP contribution is -2.56. The van der Waals surface area contributed by atoms with E-state index < -0.39 is 22.6 Å². The molecular formula is C31H49N3O6S. The maximum atomic E-state index is 14.4. The van der Waals surface area contributed by atoms with Gasteiger partial charge in [0.25, 0.3) is 0 Å². The summed E-state index contributed by atoms with van der Waals surface area (Å²) in [5.41, 5.74) is 0. The van der Waals surface area contributed by atoms with Crippen molar-refractivity contribution in [1.29, 1.82) is 0 Å². The zero-order valence-corrected chi connectivity index (χ0v) is 25.4. The first-order valence-corrected chi connectivity index (χ1v) is 16.4. The average Bonchev–Trinajstić information content (AvgIpc) is 3.62. The lowest BCUT2D eigenvalue weighted by atomic mass is 9.71. The molecule has 0 aromatic rings. The van der Waals surface area contributed by atoms with E-state index in [0.29, 0.717) is 39.5 Å². The van der Waals surface area contributed by atoms with Gasteiger partial charge in [-0.15, -0.1) is 24.9 Å². The number of amides is 2. The molecule has 2 unspecified atom stereocenters. The first-order chi connectivity index (χ1) is 20.0. The quantitative estimate of drug-likeness (QED) is 0.148. The highest BCUT2D eigenvalue weighted by molar-refractivity contribution is 8.02. The average molecular weight is 592 g/mol. The third-order valence-corrected chi connectivity index (χ3v) is 11.1. The minimum atomic E-state index is -0.602. The molecule has 41 heavy (non-hydrogen) atoms. The van der Waals surface area contributed by atoms with E-state index in [2.05, 4.69) is 18.1 Å². The number of fused-ring (bicyclic) bond motifs is 1. The molecule has 0 aromatic heterocycles. The van der Waals surface area contributed by atoms with Gasteiger partial charge in [0.1, 0.15) is 6.04 Å². The second-order valence-corrected chi connectivity index (χ2v) is 13.3. The van der Waals surface area contributed by atoms with Crippen molar-refractivity contribution in [3.05, 3.63) is 25.3 Å². The Hall–Kier alpha value is -1.88. The monoisotopic (exact) mass is 591 g/mol. The first kappa shape index (κ1) is 32.0. The van der Waals surface area contributed by atoms with Gasteiger partial charge < -0.3 is 24.4 Å². The van der Waals surface area contributed by atoms with Crippen molar-refractivity contribution >= 4 is 29.5 Å². The van der Waals surface area contributed by atoms with Crippen LogP contribution in [0.2, 0.25) is 0 Å². The van der Waals surface area contributed by atoms with E-state index in [1.165, 1.54) is 0 Å². The zero-order chi connectivity index (χ0) is 29.2. The maximum Gasteiger partial charge on any atom is 0.310 e. The number of rotatable bonds is 18. The minimum absolute atomic E-state index is 0.00725. The molecule has 4 saturated heterocycles. The molecule has 2 bridgehead atoms. The molecule has 9 nitrogen and oxygen atoms in total. The van der Waals surface area contributed by atoms with E-state index in [0.717, 1.165) is 77.4 Å². The highest BCUT2D eigenvalue weighted by Crippen LogP contribution is 2.66. The Morgan fingerprint density at radius 1 is 1.10 bits per heavy atom. The Morgan fingerprint density at radius 3 is 2.61 bits per heavy atom. The van der Waals surface area contributed by atoms with Crippen molar-refractivity contribution in [3.8, 4) is 0 Å². The van der Waals surface area contributed by atoms with Crippen LogP contribution in [0.25, 0.3) is 0 Å². The maximum absolute atomic E-state index is 14.4. The topological polar surface area (TPSA) is 99.6 Å². The number of aliphatic hydroxyl groups is 1. The summed E-state index contributed by atoms with van der Waals surface area (Å²) >= 11 is 1.70. The number of esters is 1. The molecule has 4 rings (SSSR count). The van der Waals surface area contributed by atoms with Gasteiger partial charge in [-0.1, -0.05) is 25.0 Å². The van der Waals surface area contributed by atoms with Crippen molar-refractivity contribution in [2.24, 2.45) is 11.8 Å². The molecule has 230 valence electrons. The van der Waals surface area contributed by atoms with Crippen LogP contribution in [0.4, 0.5) is 0 Å². The molecule has 0 saturated carbocycles. The molecule has 10 heteroatoms. The molecule has 1 spiro atoms. The fourth-order valence-corrected chi connectivity index (χ4v) is 9.26. The summed E-state index contributed by atoms with van der Waals surface area (Å²) in [6.07, 6.45) is 11.0. The fraction of sp³-hybridized carbons (Fsp3) is 0.774. The van der Waals surface area contributed by atoms with Gasteiger partial charge in [0, 0.05) is 51.1 Å². The van der Waals surface area contributed by atoms with Crippen LogP contribution in [0.15, 0.2) is 25.3 Å². The van der Waals surface area contributed by atoms with Crippen molar-refractivity contribution in [2.75, 3.05) is 65.7 Å². The summed E-state index contributed by atoms with van der Waals surface area (Å²) < 4.78 is 10.6. The van der Waals surface area contributed by atoms with E-state index in [4.69, 9.17) is 9.47 Å². The zero-order valence-electron chi connectivity index (χ0n) is 24.6. The Kier molecular flexibility index (Phi) is 12.2. The largest absolute Gasteiger partial charge is 0.465 e. The fourth-order valence-electron chi connectivity index (χ4n) is 7.06. The summed E-state index contributed by atoms with van der Waals surface area (Å²) in [5, 5.41) is 9.18. The van der Waals surface area contributed by atoms with Gasteiger partial charge >= 0.3 is 5.97 Å². The molecule has 4 fully saturated rings. The van der Waals surface area contributed by atoms with Crippen LogP contribution in [0.1, 0.15) is 57.8 Å². The number of nitrogens with zero attached hydrogens (tertiary/aromatic N) is 3. The Balaban J connectivity index is 1.53. The van der Waals surface area contributed by atoms with Crippen LogP contribution < -0.4 is 0 Å². The molecule has 4 aliphatic heterocycles. The van der Waals surface area contributed by atoms with Gasteiger partial charge in [0.15, 0.2) is 0 Å². The number of morpholine rings is 1. The molecule has 1 N–H and O–H groups in total. The molecule has 4 aliphatic rings. The summed E-state index contributed by atoms with van der Waals surface area (Å²) in [7, 11) is 0. The SMILES string of the molecule is C=CCCCCOC(=O)[C@@H]1[C@@H]2CCC3(S2)C(C(=O)N(CC=C)CCN2CCOCC2)N(CCCCCCO)C(=O)[C@H]13. The highest BCUT2D eigenvalue weighted by atomic mass is 32.2. The molecule has 0 aliphatic carbocycles. The highest BCUT2D eigenvalue weighted by Gasteiger charge is 2.74. The smallest absolute Gasteiger partial charge is 0.310 e. The summed E-state index contributed by atoms with van der Waals surface area (Å²) in [6.45, 7) is 13.5. The van der Waals surface area contributed by atoms with Crippen LogP contribution in [-0.2, 0) is 23.9 Å². The molecular weight excluding hydrogens is 542 g/mol. The number of likely N-dealkylation sites (tertiary alicyclic amines) is 1. The van der Waals surface area contributed by atoms with Gasteiger partial charge in [0.2, 0.25) is 11.8 Å². The Morgan fingerprint density at radius 2 is 1.88 bits per heavy atom. The summed E-state index contributed by atoms with van der Waals surface area (Å²) in [5.74, 6) is -1.41. The Labute approximate surface area is 249 Å². The predicted octanol–water partition coefficient (Wildman–Crippen LogP) is 2.88. The number of hydrogen-bond acceptors (Lipinski definition) is 8. The van der Waals surface area contributed by atoms with Crippen LogP contribution >= 0.6 is 11.8 Å².